The molecule has 0 atom stereocenters. The molecule has 2 N–H and O–H groups in total. The van der Waals surface area contributed by atoms with Gasteiger partial charge in [0.2, 0.25) is 0 Å². The van der Waals surface area contributed by atoms with Crippen LogP contribution in [-0.4, -0.2) is 22.0 Å². The number of aryl methyl sites for hydroxylation is 1. The topological polar surface area (TPSA) is 79.3 Å². The molecule has 0 radical (unpaired) electrons. The molecule has 0 bridgehead atoms. The number of carboxylic acids is 1. The summed E-state index contributed by atoms with van der Waals surface area (Å²) in [7, 11) is 0. The Bertz CT molecular complexity index is 653. The van der Waals surface area contributed by atoms with Crippen LogP contribution in [0.25, 0.3) is 0 Å². The molecule has 0 fully saturated rings. The fourth-order valence-corrected chi connectivity index (χ4v) is 1.82. The van der Waals surface area contributed by atoms with E-state index in [1.165, 1.54) is 18.2 Å². The molecule has 5 heteroatoms. The molecule has 0 aliphatic heterocycles. The van der Waals surface area contributed by atoms with Crippen LogP contribution >= 0.6 is 0 Å². The molecule has 0 unspecified atom stereocenters. The number of benzene rings is 1. The van der Waals surface area contributed by atoms with E-state index >= 15 is 0 Å². The van der Waals surface area contributed by atoms with Crippen molar-refractivity contribution in [1.82, 2.24) is 4.98 Å². The van der Waals surface area contributed by atoms with Gasteiger partial charge in [-0.05, 0) is 30.2 Å². The molecule has 102 valence electrons. The van der Waals surface area contributed by atoms with Crippen molar-refractivity contribution in [1.29, 1.82) is 0 Å². The summed E-state index contributed by atoms with van der Waals surface area (Å²) < 4.78 is 0. The Morgan fingerprint density at radius 3 is 2.50 bits per heavy atom. The highest BCUT2D eigenvalue weighted by atomic mass is 16.4. The van der Waals surface area contributed by atoms with Crippen LogP contribution < -0.4 is 5.32 Å². The maximum absolute atomic E-state index is 12.1. The second-order valence-electron chi connectivity index (χ2n) is 4.18. The van der Waals surface area contributed by atoms with Crippen LogP contribution in [0.2, 0.25) is 0 Å². The first-order chi connectivity index (χ1) is 9.61. The van der Waals surface area contributed by atoms with Crippen molar-refractivity contribution in [2.45, 2.75) is 13.3 Å². The maximum atomic E-state index is 12.1. The van der Waals surface area contributed by atoms with Crippen LogP contribution in [0.5, 0.6) is 0 Å². The zero-order chi connectivity index (χ0) is 14.5. The number of hydrogen-bond acceptors (Lipinski definition) is 3. The zero-order valence-corrected chi connectivity index (χ0v) is 11.0. The first kappa shape index (κ1) is 13.7. The Balaban J connectivity index is 2.24. The molecule has 1 heterocycles. The molecule has 20 heavy (non-hydrogen) atoms. The fraction of sp³-hybridized carbons (Fsp3) is 0.133. The van der Waals surface area contributed by atoms with Crippen molar-refractivity contribution in [2.75, 3.05) is 5.32 Å². The van der Waals surface area contributed by atoms with Crippen molar-refractivity contribution < 1.29 is 14.7 Å². The molecule has 2 rings (SSSR count). The summed E-state index contributed by atoms with van der Waals surface area (Å²) in [6.07, 6.45) is 0.791. The molecular formula is C15H14N2O3. The summed E-state index contributed by atoms with van der Waals surface area (Å²) in [5.41, 5.74) is 1.65. The molecule has 1 amide bonds. The molecule has 0 aliphatic carbocycles. The van der Waals surface area contributed by atoms with E-state index in [2.05, 4.69) is 10.3 Å². The minimum Gasteiger partial charge on any atom is -0.477 e. The van der Waals surface area contributed by atoms with Crippen molar-refractivity contribution >= 4 is 17.6 Å². The van der Waals surface area contributed by atoms with Gasteiger partial charge in [-0.25, -0.2) is 9.78 Å². The van der Waals surface area contributed by atoms with Crippen molar-refractivity contribution in [2.24, 2.45) is 0 Å². The van der Waals surface area contributed by atoms with Crippen LogP contribution in [0.15, 0.2) is 42.5 Å². The number of pyridine rings is 1. The first-order valence-electron chi connectivity index (χ1n) is 6.21. The highest BCUT2D eigenvalue weighted by Crippen LogP contribution is 2.16. The minimum absolute atomic E-state index is 0.0795. The molecule has 5 nitrogen and oxygen atoms in total. The summed E-state index contributed by atoms with van der Waals surface area (Å²) in [5.74, 6) is -1.58. The van der Waals surface area contributed by atoms with Gasteiger partial charge in [-0.2, -0.15) is 0 Å². The number of aromatic nitrogens is 1. The average Bonchev–Trinajstić information content (AvgIpc) is 2.48. The number of para-hydroxylation sites is 1. The Kier molecular flexibility index (Phi) is 4.10. The summed E-state index contributed by atoms with van der Waals surface area (Å²) in [5, 5.41) is 11.6. The van der Waals surface area contributed by atoms with Gasteiger partial charge in [0.1, 0.15) is 11.4 Å². The third-order valence-electron chi connectivity index (χ3n) is 2.85. The minimum atomic E-state index is -1.16. The number of amides is 1. The lowest BCUT2D eigenvalue weighted by molar-refractivity contribution is 0.0690. The quantitative estimate of drug-likeness (QED) is 0.895. The number of hydrogen-bond donors (Lipinski definition) is 2. The highest BCUT2D eigenvalue weighted by Gasteiger charge is 2.12. The number of carbonyl (C=O) groups excluding carboxylic acids is 1. The van der Waals surface area contributed by atoms with Crippen LogP contribution in [0.1, 0.15) is 33.5 Å². The van der Waals surface area contributed by atoms with E-state index in [1.807, 2.05) is 25.1 Å². The lowest BCUT2D eigenvalue weighted by Gasteiger charge is -2.09. The molecular weight excluding hydrogens is 256 g/mol. The number of carboxylic acid groups (broad SMARTS) is 1. The summed E-state index contributed by atoms with van der Waals surface area (Å²) in [6.45, 7) is 1.99. The Hall–Kier alpha value is -2.69. The van der Waals surface area contributed by atoms with Crippen LogP contribution in [0.4, 0.5) is 5.69 Å². The molecule has 0 aliphatic rings. The molecule has 0 spiro atoms. The van der Waals surface area contributed by atoms with Crippen molar-refractivity contribution in [3.63, 3.8) is 0 Å². The predicted octanol–water partition coefficient (Wildman–Crippen LogP) is 2.59. The average molecular weight is 270 g/mol. The van der Waals surface area contributed by atoms with Crippen molar-refractivity contribution in [3.8, 4) is 0 Å². The monoisotopic (exact) mass is 270 g/mol. The normalized spacial score (nSPS) is 10.1. The summed E-state index contributed by atoms with van der Waals surface area (Å²) >= 11 is 0. The van der Waals surface area contributed by atoms with Gasteiger partial charge >= 0.3 is 5.97 Å². The number of rotatable bonds is 4. The second kappa shape index (κ2) is 5.97. The molecule has 2 aromatic rings. The maximum Gasteiger partial charge on any atom is 0.354 e. The van der Waals surface area contributed by atoms with Gasteiger partial charge in [0, 0.05) is 5.69 Å². The number of anilines is 1. The third kappa shape index (κ3) is 3.00. The van der Waals surface area contributed by atoms with Crippen molar-refractivity contribution in [3.05, 3.63) is 59.4 Å². The first-order valence-corrected chi connectivity index (χ1v) is 6.21. The smallest absolute Gasteiger partial charge is 0.354 e. The Labute approximate surface area is 116 Å². The standard InChI is InChI=1S/C15H14N2O3/c1-2-10-6-3-4-7-11(10)17-14(18)12-8-5-9-13(16-12)15(19)20/h3-9H,2H2,1H3,(H,17,18)(H,19,20). The van der Waals surface area contributed by atoms with Gasteiger partial charge in [0.05, 0.1) is 0 Å². The van der Waals surface area contributed by atoms with Crippen LogP contribution in [0, 0.1) is 0 Å². The SMILES string of the molecule is CCc1ccccc1NC(=O)c1cccc(C(=O)O)n1. The second-order valence-corrected chi connectivity index (χ2v) is 4.18. The number of aromatic carboxylic acids is 1. The third-order valence-corrected chi connectivity index (χ3v) is 2.85. The van der Waals surface area contributed by atoms with E-state index in [9.17, 15) is 9.59 Å². The highest BCUT2D eigenvalue weighted by molar-refractivity contribution is 6.03. The van der Waals surface area contributed by atoms with Crippen LogP contribution in [0.3, 0.4) is 0 Å². The molecule has 1 aromatic heterocycles. The largest absolute Gasteiger partial charge is 0.477 e. The van der Waals surface area contributed by atoms with Gasteiger partial charge in [-0.3, -0.25) is 4.79 Å². The zero-order valence-electron chi connectivity index (χ0n) is 11.0. The number of nitrogens with zero attached hydrogens (tertiary/aromatic N) is 1. The number of carbonyl (C=O) groups is 2. The summed E-state index contributed by atoms with van der Waals surface area (Å²) in [4.78, 5) is 26.7. The Morgan fingerprint density at radius 1 is 1.10 bits per heavy atom. The van der Waals surface area contributed by atoms with Gasteiger partial charge in [-0.15, -0.1) is 0 Å². The van der Waals surface area contributed by atoms with E-state index in [1.54, 1.807) is 6.07 Å². The van der Waals surface area contributed by atoms with E-state index < -0.39 is 11.9 Å². The lowest BCUT2D eigenvalue weighted by atomic mass is 10.1. The Morgan fingerprint density at radius 2 is 1.80 bits per heavy atom. The van der Waals surface area contributed by atoms with Gasteiger partial charge in [-0.1, -0.05) is 31.2 Å². The van der Waals surface area contributed by atoms with Crippen LogP contribution in [-0.2, 0) is 6.42 Å². The molecule has 0 saturated carbocycles. The fourth-order valence-electron chi connectivity index (χ4n) is 1.82. The van der Waals surface area contributed by atoms with E-state index in [4.69, 9.17) is 5.11 Å². The van der Waals surface area contributed by atoms with E-state index in [0.29, 0.717) is 5.69 Å². The van der Waals surface area contributed by atoms with Gasteiger partial charge < -0.3 is 10.4 Å². The number of nitrogens with one attached hydrogen (secondary N) is 1. The summed E-state index contributed by atoms with van der Waals surface area (Å²) in [6, 6.07) is 11.8. The van der Waals surface area contributed by atoms with Gasteiger partial charge in [0.25, 0.3) is 5.91 Å². The predicted molar refractivity (Wildman–Crippen MR) is 75.0 cm³/mol. The lowest BCUT2D eigenvalue weighted by Crippen LogP contribution is -2.16. The van der Waals surface area contributed by atoms with E-state index in [0.717, 1.165) is 12.0 Å². The molecule has 0 saturated heterocycles. The van der Waals surface area contributed by atoms with E-state index in [-0.39, 0.29) is 11.4 Å². The molecule has 1 aromatic carbocycles. The van der Waals surface area contributed by atoms with Gasteiger partial charge in [0.15, 0.2) is 0 Å².